The van der Waals surface area contributed by atoms with Gasteiger partial charge < -0.3 is 19.9 Å². The zero-order valence-corrected chi connectivity index (χ0v) is 32.3. The number of aromatic nitrogens is 2. The number of ether oxygens (including phenoxy) is 1. The molecule has 13 nitrogen and oxygen atoms in total. The average molecular weight is 795 g/mol. The molecule has 2 saturated heterocycles. The molecule has 5 heterocycles. The number of hydrogen-bond donors (Lipinski definition) is 2. The summed E-state index contributed by atoms with van der Waals surface area (Å²) in [4.78, 5) is 59.5. The van der Waals surface area contributed by atoms with Gasteiger partial charge in [-0.3, -0.25) is 29.4 Å². The molecule has 1 aliphatic carbocycles. The van der Waals surface area contributed by atoms with Gasteiger partial charge in [-0.2, -0.15) is 0 Å². The molecular weight excluding hydrogens is 751 g/mol. The Kier molecular flexibility index (Phi) is 11.2. The monoisotopic (exact) mass is 794 g/mol. The topological polar surface area (TPSA) is 141 Å². The van der Waals surface area contributed by atoms with Crippen molar-refractivity contribution in [2.45, 2.75) is 82.5 Å². The summed E-state index contributed by atoms with van der Waals surface area (Å²) in [5, 5.41) is 14.4. The van der Waals surface area contributed by atoms with E-state index in [0.29, 0.717) is 52.2 Å². The highest BCUT2D eigenvalue weighted by Crippen LogP contribution is 2.35. The van der Waals surface area contributed by atoms with Crippen molar-refractivity contribution in [3.05, 3.63) is 93.2 Å². The SMILES string of the molecule is [C-]#[N+]c1ccc(OC2CCC(NC(=O)c3ccc(N4CCC(CN5CC=C(c6ccc7c(c6F)CN(C6CCC(=O)NC6=O)C7=O)CC5)CC4)nn3)CC2)cc1Cl. The first-order valence-electron chi connectivity index (χ1n) is 19.7. The van der Waals surface area contributed by atoms with E-state index in [1.54, 1.807) is 36.4 Å². The lowest BCUT2D eigenvalue weighted by molar-refractivity contribution is -0.136. The fourth-order valence-electron chi connectivity index (χ4n) is 8.73. The fraction of sp³-hybridized carbons (Fsp3) is 0.452. The van der Waals surface area contributed by atoms with Crippen molar-refractivity contribution < 1.29 is 28.3 Å². The summed E-state index contributed by atoms with van der Waals surface area (Å²) >= 11 is 6.15. The van der Waals surface area contributed by atoms with Crippen molar-refractivity contribution in [3.63, 3.8) is 0 Å². The minimum absolute atomic E-state index is 0.0164. The first-order valence-corrected chi connectivity index (χ1v) is 20.1. The van der Waals surface area contributed by atoms with Crippen LogP contribution in [0.3, 0.4) is 0 Å². The molecule has 57 heavy (non-hydrogen) atoms. The summed E-state index contributed by atoms with van der Waals surface area (Å²) in [7, 11) is 0. The molecule has 0 radical (unpaired) electrons. The Morgan fingerprint density at radius 2 is 1.75 bits per heavy atom. The number of benzene rings is 2. The number of hydrogen-bond acceptors (Lipinski definition) is 9. The number of nitrogens with zero attached hydrogens (tertiary/aromatic N) is 6. The summed E-state index contributed by atoms with van der Waals surface area (Å²) < 4.78 is 22.0. The van der Waals surface area contributed by atoms with Crippen molar-refractivity contribution in [3.8, 4) is 5.75 Å². The number of rotatable bonds is 9. The van der Waals surface area contributed by atoms with E-state index >= 15 is 4.39 Å². The van der Waals surface area contributed by atoms with E-state index in [4.69, 9.17) is 22.9 Å². The van der Waals surface area contributed by atoms with Crippen molar-refractivity contribution in [2.24, 2.45) is 5.92 Å². The van der Waals surface area contributed by atoms with Crippen LogP contribution in [0.4, 0.5) is 15.9 Å². The predicted octanol–water partition coefficient (Wildman–Crippen LogP) is 5.71. The second-order valence-corrected chi connectivity index (χ2v) is 16.0. The molecule has 1 unspecified atom stereocenters. The van der Waals surface area contributed by atoms with Crippen LogP contribution >= 0.6 is 11.6 Å². The predicted molar refractivity (Wildman–Crippen MR) is 210 cm³/mol. The lowest BCUT2D eigenvalue weighted by Gasteiger charge is -2.36. The van der Waals surface area contributed by atoms with Crippen LogP contribution in [0.2, 0.25) is 5.02 Å². The Labute approximate surface area is 335 Å². The second-order valence-electron chi connectivity index (χ2n) is 15.6. The molecule has 1 aromatic heterocycles. The summed E-state index contributed by atoms with van der Waals surface area (Å²) in [6, 6.07) is 11.3. The number of piperidine rings is 2. The summed E-state index contributed by atoms with van der Waals surface area (Å²) in [6.07, 6.45) is 8.34. The van der Waals surface area contributed by atoms with Crippen LogP contribution in [-0.4, -0.2) is 94.5 Å². The number of halogens is 2. The quantitative estimate of drug-likeness (QED) is 0.206. The van der Waals surface area contributed by atoms with Crippen molar-refractivity contribution >= 4 is 52.3 Å². The average Bonchev–Trinajstić information content (AvgIpc) is 3.56. The molecule has 5 aliphatic rings. The smallest absolute Gasteiger partial charge is 0.272 e. The molecule has 1 atom stereocenters. The summed E-state index contributed by atoms with van der Waals surface area (Å²) in [6.45, 7) is 11.3. The zero-order chi connectivity index (χ0) is 39.6. The first-order chi connectivity index (χ1) is 27.6. The van der Waals surface area contributed by atoms with Crippen LogP contribution < -0.4 is 20.3 Å². The Bertz CT molecular complexity index is 2140. The largest absolute Gasteiger partial charge is 0.490 e. The van der Waals surface area contributed by atoms with Gasteiger partial charge in [0.2, 0.25) is 17.5 Å². The molecule has 3 fully saturated rings. The molecular formula is C42H44ClFN8O5. The lowest BCUT2D eigenvalue weighted by Crippen LogP contribution is -2.52. The minimum atomic E-state index is -0.777. The van der Waals surface area contributed by atoms with Gasteiger partial charge in [-0.1, -0.05) is 29.8 Å². The number of nitrogens with one attached hydrogen (secondary N) is 2. The Morgan fingerprint density at radius 1 is 0.965 bits per heavy atom. The second kappa shape index (κ2) is 16.6. The molecule has 2 aromatic carbocycles. The van der Waals surface area contributed by atoms with E-state index < -0.39 is 17.8 Å². The number of carbonyl (C=O) groups excluding carboxylic acids is 4. The van der Waals surface area contributed by atoms with Crippen molar-refractivity contribution in [1.29, 1.82) is 0 Å². The van der Waals surface area contributed by atoms with Gasteiger partial charge in [0.05, 0.1) is 24.2 Å². The molecule has 15 heteroatoms. The van der Waals surface area contributed by atoms with Gasteiger partial charge in [-0.05, 0) is 93.2 Å². The fourth-order valence-corrected chi connectivity index (χ4v) is 8.94. The molecule has 0 bridgehead atoms. The van der Waals surface area contributed by atoms with Crippen LogP contribution in [0.5, 0.6) is 5.75 Å². The van der Waals surface area contributed by atoms with E-state index in [-0.39, 0.29) is 54.8 Å². The van der Waals surface area contributed by atoms with Gasteiger partial charge in [-0.25, -0.2) is 9.24 Å². The standard InChI is InChI=1S/C42H44ClFN8O5/c1-45-34-9-6-29(22-33(34)43)57-28-4-2-27(3-5-28)46-40(54)35-10-12-37(49-48-35)51-20-14-25(15-21-51)23-50-18-16-26(17-19-50)30-7-8-31-32(39(30)44)24-52(42(31)56)36-11-13-38(53)47-41(36)55/h6-10,12,16,22,25,27-28,36H,2-5,11,13-15,17-21,23-24H2,(H,46,54)(H,47,53,55). The highest BCUT2D eigenvalue weighted by molar-refractivity contribution is 6.33. The maximum Gasteiger partial charge on any atom is 0.272 e. The number of imide groups is 1. The Hall–Kier alpha value is -5.39. The molecule has 0 spiro atoms. The number of amides is 4. The van der Waals surface area contributed by atoms with Crippen molar-refractivity contribution in [2.75, 3.05) is 37.6 Å². The third-order valence-electron chi connectivity index (χ3n) is 12.0. The summed E-state index contributed by atoms with van der Waals surface area (Å²) in [5.41, 5.74) is 2.72. The zero-order valence-electron chi connectivity index (χ0n) is 31.5. The molecule has 1 saturated carbocycles. The minimum Gasteiger partial charge on any atom is -0.490 e. The van der Waals surface area contributed by atoms with Gasteiger partial charge in [0, 0.05) is 61.9 Å². The normalized spacial score (nSPS) is 23.1. The van der Waals surface area contributed by atoms with Gasteiger partial charge >= 0.3 is 0 Å². The Balaban J connectivity index is 0.770. The third kappa shape index (κ3) is 8.36. The molecule has 8 rings (SSSR count). The van der Waals surface area contributed by atoms with Gasteiger partial charge in [0.25, 0.3) is 11.8 Å². The highest BCUT2D eigenvalue weighted by Gasteiger charge is 2.41. The van der Waals surface area contributed by atoms with E-state index in [0.717, 1.165) is 76.1 Å². The lowest BCUT2D eigenvalue weighted by atomic mass is 9.92. The van der Waals surface area contributed by atoms with Gasteiger partial charge in [0.1, 0.15) is 17.6 Å². The van der Waals surface area contributed by atoms with Crippen LogP contribution in [0.1, 0.15) is 89.8 Å². The number of fused-ring (bicyclic) bond motifs is 1. The molecule has 2 N–H and O–H groups in total. The maximum absolute atomic E-state index is 15.9. The Morgan fingerprint density at radius 3 is 2.44 bits per heavy atom. The van der Waals surface area contributed by atoms with Crippen LogP contribution in [0, 0.1) is 18.3 Å². The van der Waals surface area contributed by atoms with E-state index in [2.05, 4.69) is 41.6 Å². The van der Waals surface area contributed by atoms with Gasteiger partial charge in [-0.15, -0.1) is 10.2 Å². The van der Waals surface area contributed by atoms with Crippen molar-refractivity contribution in [1.82, 2.24) is 30.6 Å². The maximum atomic E-state index is 15.9. The summed E-state index contributed by atoms with van der Waals surface area (Å²) in [5.74, 6) is 0.0375. The first kappa shape index (κ1) is 38.5. The number of anilines is 1. The van der Waals surface area contributed by atoms with Crippen LogP contribution in [0.15, 0.2) is 48.5 Å². The molecule has 4 amide bonds. The van der Waals surface area contributed by atoms with E-state index in [1.165, 1.54) is 4.90 Å². The molecule has 4 aliphatic heterocycles. The van der Waals surface area contributed by atoms with E-state index in [9.17, 15) is 19.2 Å². The molecule has 296 valence electrons. The van der Waals surface area contributed by atoms with Crippen LogP contribution in [-0.2, 0) is 16.1 Å². The van der Waals surface area contributed by atoms with E-state index in [1.807, 2.05) is 6.07 Å². The highest BCUT2D eigenvalue weighted by atomic mass is 35.5. The number of carbonyl (C=O) groups is 4. The van der Waals surface area contributed by atoms with Crippen LogP contribution in [0.25, 0.3) is 10.4 Å². The third-order valence-corrected chi connectivity index (χ3v) is 12.3. The molecule has 3 aromatic rings. The van der Waals surface area contributed by atoms with Gasteiger partial charge in [0.15, 0.2) is 11.5 Å².